The highest BCUT2D eigenvalue weighted by Gasteiger charge is 2.41. The fourth-order valence-electron chi connectivity index (χ4n) is 3.74. The molecular formula is C16H30N2O. The Bertz CT molecular complexity index is 305. The zero-order valence-electron chi connectivity index (χ0n) is 12.8. The summed E-state index contributed by atoms with van der Waals surface area (Å²) in [6, 6.07) is 0.572. The number of carbonyl (C=O) groups excluding carboxylic acids is 1. The third-order valence-corrected chi connectivity index (χ3v) is 4.82. The Hall–Kier alpha value is -0.570. The van der Waals surface area contributed by atoms with Crippen LogP contribution in [0, 0.1) is 5.92 Å². The van der Waals surface area contributed by atoms with Gasteiger partial charge in [0.15, 0.2) is 0 Å². The molecule has 3 nitrogen and oxygen atoms in total. The van der Waals surface area contributed by atoms with Gasteiger partial charge in [-0.15, -0.1) is 0 Å². The van der Waals surface area contributed by atoms with E-state index in [9.17, 15) is 4.79 Å². The van der Waals surface area contributed by atoms with Gasteiger partial charge in [-0.2, -0.15) is 0 Å². The first-order chi connectivity index (χ1) is 9.17. The average molecular weight is 266 g/mol. The van der Waals surface area contributed by atoms with Crippen LogP contribution in [0.2, 0.25) is 0 Å². The van der Waals surface area contributed by atoms with Crippen LogP contribution in [-0.4, -0.2) is 29.1 Å². The van der Waals surface area contributed by atoms with E-state index in [0.29, 0.717) is 11.9 Å². The van der Waals surface area contributed by atoms with Crippen LogP contribution in [0.1, 0.15) is 72.1 Å². The first-order valence-corrected chi connectivity index (χ1v) is 8.25. The Labute approximate surface area is 118 Å². The van der Waals surface area contributed by atoms with Crippen molar-refractivity contribution in [2.45, 2.75) is 90.4 Å². The van der Waals surface area contributed by atoms with Gasteiger partial charge in [-0.05, 0) is 31.6 Å². The Kier molecular flexibility index (Phi) is 5.26. The Morgan fingerprint density at radius 2 is 2.11 bits per heavy atom. The summed E-state index contributed by atoms with van der Waals surface area (Å²) in [6.45, 7) is 6.71. The molecule has 1 amide bonds. The van der Waals surface area contributed by atoms with Gasteiger partial charge in [-0.1, -0.05) is 46.5 Å². The molecule has 0 aromatic rings. The standard InChI is InChI=1S/C16H30N2O/c1-4-6-10-14-16(19)18(15(5-2)17-14)13-9-7-8-12(3)11-13/h12-15,17H,4-11H2,1-3H3. The molecule has 2 fully saturated rings. The molecule has 1 heterocycles. The summed E-state index contributed by atoms with van der Waals surface area (Å²) in [5.41, 5.74) is 0. The van der Waals surface area contributed by atoms with E-state index in [1.54, 1.807) is 0 Å². The van der Waals surface area contributed by atoms with E-state index in [4.69, 9.17) is 0 Å². The largest absolute Gasteiger partial charge is 0.323 e. The molecule has 4 atom stereocenters. The van der Waals surface area contributed by atoms with Gasteiger partial charge in [0.2, 0.25) is 5.91 Å². The molecule has 0 spiro atoms. The zero-order valence-corrected chi connectivity index (χ0v) is 12.8. The van der Waals surface area contributed by atoms with Gasteiger partial charge in [0, 0.05) is 6.04 Å². The molecule has 1 N–H and O–H groups in total. The number of hydrogen-bond donors (Lipinski definition) is 1. The van der Waals surface area contributed by atoms with Crippen molar-refractivity contribution in [2.75, 3.05) is 0 Å². The summed E-state index contributed by atoms with van der Waals surface area (Å²) < 4.78 is 0. The molecule has 19 heavy (non-hydrogen) atoms. The minimum Gasteiger partial charge on any atom is -0.323 e. The smallest absolute Gasteiger partial charge is 0.241 e. The molecule has 4 unspecified atom stereocenters. The van der Waals surface area contributed by atoms with Gasteiger partial charge < -0.3 is 4.90 Å². The number of carbonyl (C=O) groups is 1. The van der Waals surface area contributed by atoms with Gasteiger partial charge in [-0.25, -0.2) is 0 Å². The van der Waals surface area contributed by atoms with E-state index >= 15 is 0 Å². The Balaban J connectivity index is 2.02. The molecule has 2 rings (SSSR count). The SMILES string of the molecule is CCCCC1NC(CC)N(C2CCCC(C)C2)C1=O. The van der Waals surface area contributed by atoms with E-state index in [1.807, 2.05) is 0 Å². The van der Waals surface area contributed by atoms with E-state index in [1.165, 1.54) is 32.1 Å². The van der Waals surface area contributed by atoms with E-state index in [-0.39, 0.29) is 12.2 Å². The highest BCUT2D eigenvalue weighted by atomic mass is 16.2. The van der Waals surface area contributed by atoms with Crippen LogP contribution in [0.4, 0.5) is 0 Å². The number of nitrogens with zero attached hydrogens (tertiary/aromatic N) is 1. The predicted octanol–water partition coefficient (Wildman–Crippen LogP) is 3.29. The van der Waals surface area contributed by atoms with E-state index < -0.39 is 0 Å². The van der Waals surface area contributed by atoms with Crippen LogP contribution in [0.25, 0.3) is 0 Å². The second kappa shape index (κ2) is 6.74. The highest BCUT2D eigenvalue weighted by Crippen LogP contribution is 2.31. The molecule has 1 aliphatic carbocycles. The zero-order chi connectivity index (χ0) is 13.8. The number of amides is 1. The molecule has 3 heteroatoms. The van der Waals surface area contributed by atoms with Gasteiger partial charge in [0.1, 0.15) is 0 Å². The van der Waals surface area contributed by atoms with Crippen LogP contribution in [0.5, 0.6) is 0 Å². The minimum atomic E-state index is 0.0853. The third kappa shape index (κ3) is 3.31. The van der Waals surface area contributed by atoms with Crippen molar-refractivity contribution >= 4 is 5.91 Å². The minimum absolute atomic E-state index is 0.0853. The van der Waals surface area contributed by atoms with Gasteiger partial charge in [0.05, 0.1) is 12.2 Å². The maximum absolute atomic E-state index is 12.7. The van der Waals surface area contributed by atoms with Crippen molar-refractivity contribution < 1.29 is 4.79 Å². The van der Waals surface area contributed by atoms with E-state index in [0.717, 1.165) is 25.2 Å². The summed E-state index contributed by atoms with van der Waals surface area (Å²) >= 11 is 0. The monoisotopic (exact) mass is 266 g/mol. The quantitative estimate of drug-likeness (QED) is 0.828. The van der Waals surface area contributed by atoms with Crippen molar-refractivity contribution in [1.29, 1.82) is 0 Å². The lowest BCUT2D eigenvalue weighted by atomic mass is 9.86. The molecule has 0 aromatic carbocycles. The van der Waals surface area contributed by atoms with Crippen LogP contribution in [0.3, 0.4) is 0 Å². The van der Waals surface area contributed by atoms with Crippen LogP contribution in [-0.2, 0) is 4.79 Å². The third-order valence-electron chi connectivity index (χ3n) is 4.82. The topological polar surface area (TPSA) is 32.3 Å². The Morgan fingerprint density at radius 1 is 1.32 bits per heavy atom. The first-order valence-electron chi connectivity index (χ1n) is 8.25. The molecule has 110 valence electrons. The number of rotatable bonds is 5. The summed E-state index contributed by atoms with van der Waals surface area (Å²) in [6.07, 6.45) is 9.65. The van der Waals surface area contributed by atoms with Crippen molar-refractivity contribution in [3.63, 3.8) is 0 Å². The molecule has 1 aliphatic heterocycles. The second-order valence-electron chi connectivity index (χ2n) is 6.46. The van der Waals surface area contributed by atoms with Gasteiger partial charge >= 0.3 is 0 Å². The summed E-state index contributed by atoms with van der Waals surface area (Å²) in [5, 5.41) is 3.56. The molecule has 2 aliphatic rings. The first kappa shape index (κ1) is 14.8. The van der Waals surface area contributed by atoms with E-state index in [2.05, 4.69) is 31.0 Å². The highest BCUT2D eigenvalue weighted by molar-refractivity contribution is 5.84. The number of nitrogens with one attached hydrogen (secondary N) is 1. The normalized spacial score (nSPS) is 35.9. The maximum atomic E-state index is 12.7. The van der Waals surface area contributed by atoms with Crippen molar-refractivity contribution in [2.24, 2.45) is 5.92 Å². The molecule has 0 aromatic heterocycles. The maximum Gasteiger partial charge on any atom is 0.241 e. The molecule has 0 bridgehead atoms. The fraction of sp³-hybridized carbons (Fsp3) is 0.938. The summed E-state index contributed by atoms with van der Waals surface area (Å²) in [4.78, 5) is 14.9. The second-order valence-corrected chi connectivity index (χ2v) is 6.46. The summed E-state index contributed by atoms with van der Waals surface area (Å²) in [7, 11) is 0. The van der Waals surface area contributed by atoms with Crippen LogP contribution < -0.4 is 5.32 Å². The van der Waals surface area contributed by atoms with Crippen molar-refractivity contribution in [3.05, 3.63) is 0 Å². The molecule has 1 saturated carbocycles. The number of hydrogen-bond acceptors (Lipinski definition) is 2. The van der Waals surface area contributed by atoms with Crippen molar-refractivity contribution in [3.8, 4) is 0 Å². The average Bonchev–Trinajstić information content (AvgIpc) is 2.73. The summed E-state index contributed by atoms with van der Waals surface area (Å²) in [5.74, 6) is 1.15. The molecule has 1 saturated heterocycles. The number of unbranched alkanes of at least 4 members (excludes halogenated alkanes) is 1. The lowest BCUT2D eigenvalue weighted by molar-refractivity contribution is -0.133. The van der Waals surface area contributed by atoms with Gasteiger partial charge in [-0.3, -0.25) is 10.1 Å². The van der Waals surface area contributed by atoms with Crippen molar-refractivity contribution in [1.82, 2.24) is 10.2 Å². The molecular weight excluding hydrogens is 236 g/mol. The Morgan fingerprint density at radius 3 is 2.74 bits per heavy atom. The predicted molar refractivity (Wildman–Crippen MR) is 78.8 cm³/mol. The lowest BCUT2D eigenvalue weighted by Crippen LogP contribution is -2.46. The lowest BCUT2D eigenvalue weighted by Gasteiger charge is -2.37. The van der Waals surface area contributed by atoms with Crippen LogP contribution in [0.15, 0.2) is 0 Å². The molecule has 0 radical (unpaired) electrons. The van der Waals surface area contributed by atoms with Gasteiger partial charge in [0.25, 0.3) is 0 Å². The fourth-order valence-corrected chi connectivity index (χ4v) is 3.74. The van der Waals surface area contributed by atoms with Crippen LogP contribution >= 0.6 is 0 Å².